The van der Waals surface area contributed by atoms with E-state index in [1.165, 1.54) is 0 Å². The normalized spacial score (nSPS) is 26.5. The summed E-state index contributed by atoms with van der Waals surface area (Å²) in [7, 11) is 0. The Kier molecular flexibility index (Phi) is 2.25. The number of anilines is 1. The van der Waals surface area contributed by atoms with E-state index in [1.54, 1.807) is 5.01 Å². The predicted octanol–water partition coefficient (Wildman–Crippen LogP) is 1.84. The Labute approximate surface area is 83.7 Å². The molecule has 14 heavy (non-hydrogen) atoms. The van der Waals surface area contributed by atoms with Crippen LogP contribution in [0, 0.1) is 5.92 Å². The highest BCUT2D eigenvalue weighted by Gasteiger charge is 2.30. The van der Waals surface area contributed by atoms with Gasteiger partial charge in [0.1, 0.15) is 0 Å². The maximum Gasteiger partial charge on any atom is 0.155 e. The molecule has 0 fully saturated rings. The van der Waals surface area contributed by atoms with Crippen LogP contribution in [0.15, 0.2) is 35.4 Å². The lowest BCUT2D eigenvalue weighted by molar-refractivity contribution is 0.152. The molecule has 0 aromatic heterocycles. The van der Waals surface area contributed by atoms with Crippen LogP contribution in [0.4, 0.5) is 5.69 Å². The van der Waals surface area contributed by atoms with Crippen molar-refractivity contribution in [2.45, 2.75) is 20.1 Å². The molecule has 2 unspecified atom stereocenters. The molecule has 2 atom stereocenters. The predicted molar refractivity (Wildman–Crippen MR) is 57.2 cm³/mol. The molecule has 0 spiro atoms. The van der Waals surface area contributed by atoms with Crippen molar-refractivity contribution in [2.75, 3.05) is 5.01 Å². The Hall–Kier alpha value is -1.35. The first kappa shape index (κ1) is 9.21. The van der Waals surface area contributed by atoms with Crippen molar-refractivity contribution >= 4 is 11.4 Å². The van der Waals surface area contributed by atoms with Gasteiger partial charge in [0.15, 0.2) is 6.23 Å². The Balaban J connectivity index is 2.30. The minimum absolute atomic E-state index is 0.107. The number of benzene rings is 1. The molecule has 0 aliphatic carbocycles. The van der Waals surface area contributed by atoms with E-state index in [4.69, 9.17) is 0 Å². The number of hydrogen-bond acceptors (Lipinski definition) is 3. The van der Waals surface area contributed by atoms with Crippen LogP contribution in [0.1, 0.15) is 13.8 Å². The molecular formula is C11H14N2O. The van der Waals surface area contributed by atoms with Crippen LogP contribution < -0.4 is 5.01 Å². The molecule has 0 saturated carbocycles. The zero-order chi connectivity index (χ0) is 10.1. The van der Waals surface area contributed by atoms with Gasteiger partial charge >= 0.3 is 0 Å². The van der Waals surface area contributed by atoms with Crippen LogP contribution in [0.3, 0.4) is 0 Å². The van der Waals surface area contributed by atoms with Crippen LogP contribution in [0.25, 0.3) is 0 Å². The minimum Gasteiger partial charge on any atom is -0.371 e. The SMILES string of the molecule is CC1=NN(c2ccccc2)C(O)C1C. The summed E-state index contributed by atoms with van der Waals surface area (Å²) in [5, 5.41) is 15.9. The van der Waals surface area contributed by atoms with E-state index in [9.17, 15) is 5.11 Å². The summed E-state index contributed by atoms with van der Waals surface area (Å²) >= 11 is 0. The molecule has 1 aromatic rings. The molecule has 0 bridgehead atoms. The lowest BCUT2D eigenvalue weighted by Gasteiger charge is -2.21. The maximum absolute atomic E-state index is 9.89. The summed E-state index contributed by atoms with van der Waals surface area (Å²) in [6.45, 7) is 3.92. The molecule has 74 valence electrons. The zero-order valence-electron chi connectivity index (χ0n) is 8.38. The number of aliphatic hydroxyl groups excluding tert-OH is 1. The number of hydrogen-bond donors (Lipinski definition) is 1. The molecule has 3 nitrogen and oxygen atoms in total. The first-order valence-corrected chi connectivity index (χ1v) is 4.77. The quantitative estimate of drug-likeness (QED) is 0.733. The fourth-order valence-corrected chi connectivity index (χ4v) is 1.54. The summed E-state index contributed by atoms with van der Waals surface area (Å²) in [6.07, 6.45) is -0.530. The third-order valence-electron chi connectivity index (χ3n) is 2.64. The average molecular weight is 190 g/mol. The van der Waals surface area contributed by atoms with Gasteiger partial charge in [0.05, 0.1) is 5.69 Å². The van der Waals surface area contributed by atoms with Crippen molar-refractivity contribution in [2.24, 2.45) is 11.0 Å². The van der Waals surface area contributed by atoms with Gasteiger partial charge in [-0.25, -0.2) is 5.01 Å². The number of hydrazone groups is 1. The fourth-order valence-electron chi connectivity index (χ4n) is 1.54. The lowest BCUT2D eigenvalue weighted by atomic mass is 10.1. The van der Waals surface area contributed by atoms with Crippen molar-refractivity contribution in [3.63, 3.8) is 0 Å². The highest BCUT2D eigenvalue weighted by atomic mass is 16.3. The molecule has 1 heterocycles. The first-order chi connectivity index (χ1) is 6.70. The van der Waals surface area contributed by atoms with E-state index in [1.807, 2.05) is 44.2 Å². The van der Waals surface area contributed by atoms with Gasteiger partial charge in [-0.3, -0.25) is 0 Å². The number of rotatable bonds is 1. The van der Waals surface area contributed by atoms with Crippen molar-refractivity contribution in [1.82, 2.24) is 0 Å². The molecule has 3 heteroatoms. The van der Waals surface area contributed by atoms with E-state index < -0.39 is 6.23 Å². The standard InChI is InChI=1S/C11H14N2O/c1-8-9(2)12-13(11(8)14)10-6-4-3-5-7-10/h3-8,11,14H,1-2H3. The van der Waals surface area contributed by atoms with E-state index in [0.29, 0.717) is 0 Å². The Bertz CT molecular complexity index is 348. The summed E-state index contributed by atoms with van der Waals surface area (Å²) in [5.41, 5.74) is 1.91. The maximum atomic E-state index is 9.89. The zero-order valence-corrected chi connectivity index (χ0v) is 8.38. The summed E-state index contributed by atoms with van der Waals surface area (Å²) < 4.78 is 0. The molecule has 1 N–H and O–H groups in total. The van der Waals surface area contributed by atoms with Gasteiger partial charge in [-0.2, -0.15) is 5.10 Å². The van der Waals surface area contributed by atoms with E-state index >= 15 is 0 Å². The second-order valence-corrected chi connectivity index (χ2v) is 3.62. The molecule has 0 amide bonds. The van der Waals surface area contributed by atoms with Gasteiger partial charge in [0.2, 0.25) is 0 Å². The Morgan fingerprint density at radius 3 is 2.43 bits per heavy atom. The smallest absolute Gasteiger partial charge is 0.155 e. The summed E-state index contributed by atoms with van der Waals surface area (Å²) in [4.78, 5) is 0. The third kappa shape index (κ3) is 1.40. The largest absolute Gasteiger partial charge is 0.371 e. The molecular weight excluding hydrogens is 176 g/mol. The van der Waals surface area contributed by atoms with Gasteiger partial charge in [0.25, 0.3) is 0 Å². The van der Waals surface area contributed by atoms with Gasteiger partial charge < -0.3 is 5.11 Å². The third-order valence-corrected chi connectivity index (χ3v) is 2.64. The average Bonchev–Trinajstić information content (AvgIpc) is 2.47. The first-order valence-electron chi connectivity index (χ1n) is 4.77. The topological polar surface area (TPSA) is 35.8 Å². The van der Waals surface area contributed by atoms with E-state index in [0.717, 1.165) is 11.4 Å². The fraction of sp³-hybridized carbons (Fsp3) is 0.364. The van der Waals surface area contributed by atoms with Gasteiger partial charge in [-0.05, 0) is 19.1 Å². The van der Waals surface area contributed by atoms with Crippen LogP contribution >= 0.6 is 0 Å². The van der Waals surface area contributed by atoms with Crippen molar-refractivity contribution in [3.05, 3.63) is 30.3 Å². The van der Waals surface area contributed by atoms with E-state index in [-0.39, 0.29) is 5.92 Å². The van der Waals surface area contributed by atoms with Crippen molar-refractivity contribution in [1.29, 1.82) is 0 Å². The van der Waals surface area contributed by atoms with Gasteiger partial charge in [-0.1, -0.05) is 25.1 Å². The summed E-state index contributed by atoms with van der Waals surface area (Å²) in [5.74, 6) is 0.107. The van der Waals surface area contributed by atoms with Gasteiger partial charge in [0, 0.05) is 11.6 Å². The Morgan fingerprint density at radius 2 is 1.93 bits per heavy atom. The molecule has 0 radical (unpaired) electrons. The number of nitrogens with zero attached hydrogens (tertiary/aromatic N) is 2. The molecule has 2 rings (SSSR count). The number of para-hydroxylation sites is 1. The van der Waals surface area contributed by atoms with Crippen LogP contribution in [-0.2, 0) is 0 Å². The second kappa shape index (κ2) is 3.42. The monoisotopic (exact) mass is 190 g/mol. The lowest BCUT2D eigenvalue weighted by Crippen LogP contribution is -2.31. The molecule has 1 aliphatic heterocycles. The van der Waals surface area contributed by atoms with Gasteiger partial charge in [-0.15, -0.1) is 0 Å². The molecule has 1 aliphatic rings. The molecule has 0 saturated heterocycles. The van der Waals surface area contributed by atoms with E-state index in [2.05, 4.69) is 5.10 Å². The van der Waals surface area contributed by atoms with Crippen molar-refractivity contribution < 1.29 is 5.11 Å². The summed E-state index contributed by atoms with van der Waals surface area (Å²) in [6, 6.07) is 9.72. The highest BCUT2D eigenvalue weighted by molar-refractivity contribution is 5.88. The van der Waals surface area contributed by atoms with Crippen LogP contribution in [0.5, 0.6) is 0 Å². The highest BCUT2D eigenvalue weighted by Crippen LogP contribution is 2.26. The second-order valence-electron chi connectivity index (χ2n) is 3.62. The van der Waals surface area contributed by atoms with Crippen molar-refractivity contribution in [3.8, 4) is 0 Å². The number of aliphatic hydroxyl groups is 1. The Morgan fingerprint density at radius 1 is 1.29 bits per heavy atom. The van der Waals surface area contributed by atoms with Crippen LogP contribution in [0.2, 0.25) is 0 Å². The van der Waals surface area contributed by atoms with Crippen LogP contribution in [-0.4, -0.2) is 17.0 Å². The minimum atomic E-state index is -0.530. The molecule has 1 aromatic carbocycles.